The van der Waals surface area contributed by atoms with Crippen molar-refractivity contribution in [2.45, 2.75) is 6.04 Å². The number of nitrogens with two attached hydrogens (primary N) is 1. The molecule has 0 spiro atoms. The Labute approximate surface area is 86.3 Å². The van der Waals surface area contributed by atoms with Crippen molar-refractivity contribution < 1.29 is 8.78 Å². The Hall–Kier alpha value is -0.380. The molecule has 1 atom stereocenters. The van der Waals surface area contributed by atoms with Crippen molar-refractivity contribution in [2.24, 2.45) is 5.73 Å². The minimum absolute atomic E-state index is 0. The van der Waals surface area contributed by atoms with Crippen LogP contribution in [0.4, 0.5) is 8.78 Å². The third-order valence-electron chi connectivity index (χ3n) is 1.53. The lowest BCUT2D eigenvalue weighted by Gasteiger charge is -2.07. The van der Waals surface area contributed by atoms with E-state index in [0.29, 0.717) is 0 Å². The van der Waals surface area contributed by atoms with Crippen LogP contribution in [0.3, 0.4) is 0 Å². The van der Waals surface area contributed by atoms with Crippen LogP contribution in [0.1, 0.15) is 11.6 Å². The molecule has 0 aliphatic heterocycles. The van der Waals surface area contributed by atoms with Gasteiger partial charge in [0.15, 0.2) is 0 Å². The highest BCUT2D eigenvalue weighted by atomic mass is 35.5. The lowest BCUT2D eigenvalue weighted by molar-refractivity contribution is 0.427. The highest BCUT2D eigenvalue weighted by Crippen LogP contribution is 2.19. The summed E-state index contributed by atoms with van der Waals surface area (Å²) in [6, 6.07) is 3.09. The monoisotopic (exact) mass is 227 g/mol. The van der Waals surface area contributed by atoms with Gasteiger partial charge in [0.25, 0.3) is 0 Å². The summed E-state index contributed by atoms with van der Waals surface area (Å²) in [6.07, 6.45) is 0. The van der Waals surface area contributed by atoms with E-state index in [2.05, 4.69) is 0 Å². The molecule has 0 bridgehead atoms. The van der Waals surface area contributed by atoms with Crippen LogP contribution >= 0.6 is 24.0 Å². The first-order chi connectivity index (χ1) is 5.65. The maximum atomic E-state index is 13.0. The fraction of sp³-hybridized carbons (Fsp3) is 0.250. The topological polar surface area (TPSA) is 26.0 Å². The maximum Gasteiger partial charge on any atom is 0.129 e. The van der Waals surface area contributed by atoms with Crippen LogP contribution in [0.15, 0.2) is 18.2 Å². The number of benzene rings is 1. The molecule has 13 heavy (non-hydrogen) atoms. The molecule has 0 amide bonds. The van der Waals surface area contributed by atoms with Gasteiger partial charge in [-0.15, -0.1) is 12.4 Å². The quantitative estimate of drug-likeness (QED) is 0.827. The minimum Gasteiger partial charge on any atom is -0.322 e. The summed E-state index contributed by atoms with van der Waals surface area (Å²) in [6.45, 7) is -0.779. The molecule has 0 fully saturated rings. The Bertz CT molecular complexity index is 281. The first-order valence-electron chi connectivity index (χ1n) is 3.41. The van der Waals surface area contributed by atoms with Crippen molar-refractivity contribution in [1.29, 1.82) is 0 Å². The molecule has 0 saturated heterocycles. The molecule has 0 heterocycles. The third-order valence-corrected chi connectivity index (χ3v) is 1.76. The van der Waals surface area contributed by atoms with Crippen molar-refractivity contribution in [3.63, 3.8) is 0 Å². The number of hydrogen-bond donors (Lipinski definition) is 1. The normalized spacial score (nSPS) is 12.0. The van der Waals surface area contributed by atoms with E-state index in [1.165, 1.54) is 12.1 Å². The minimum atomic E-state index is -0.901. The van der Waals surface area contributed by atoms with Gasteiger partial charge in [-0.25, -0.2) is 8.78 Å². The molecule has 74 valence electrons. The molecule has 1 aromatic rings. The van der Waals surface area contributed by atoms with E-state index in [4.69, 9.17) is 17.3 Å². The molecule has 0 aliphatic carbocycles. The average molecular weight is 228 g/mol. The van der Waals surface area contributed by atoms with Crippen LogP contribution in [-0.4, -0.2) is 6.67 Å². The third kappa shape index (κ3) is 3.10. The van der Waals surface area contributed by atoms with E-state index in [1.54, 1.807) is 0 Å². The van der Waals surface area contributed by atoms with E-state index < -0.39 is 18.5 Å². The molecular formula is C8H9Cl2F2N. The zero-order valence-corrected chi connectivity index (χ0v) is 8.21. The molecule has 5 heteroatoms. The molecule has 0 radical (unpaired) electrons. The lowest BCUT2D eigenvalue weighted by atomic mass is 10.1. The van der Waals surface area contributed by atoms with Gasteiger partial charge in [0.05, 0.1) is 6.04 Å². The van der Waals surface area contributed by atoms with Crippen LogP contribution in [0, 0.1) is 5.82 Å². The second-order valence-corrected chi connectivity index (χ2v) is 2.86. The number of rotatable bonds is 2. The first kappa shape index (κ1) is 12.6. The van der Waals surface area contributed by atoms with Crippen LogP contribution in [-0.2, 0) is 0 Å². The van der Waals surface area contributed by atoms with Crippen LogP contribution < -0.4 is 5.73 Å². The van der Waals surface area contributed by atoms with Gasteiger partial charge in [-0.05, 0) is 12.1 Å². The fourth-order valence-corrected chi connectivity index (χ4v) is 1.04. The summed E-state index contributed by atoms with van der Waals surface area (Å²) in [4.78, 5) is 0. The van der Waals surface area contributed by atoms with Gasteiger partial charge in [0, 0.05) is 10.6 Å². The highest BCUT2D eigenvalue weighted by Gasteiger charge is 2.10. The second kappa shape index (κ2) is 5.37. The Morgan fingerprint density at radius 3 is 2.54 bits per heavy atom. The molecule has 1 rings (SSSR count). The zero-order valence-electron chi connectivity index (χ0n) is 6.64. The largest absolute Gasteiger partial charge is 0.322 e. The van der Waals surface area contributed by atoms with Crippen molar-refractivity contribution >= 4 is 24.0 Å². The number of alkyl halides is 1. The molecule has 0 aromatic heterocycles. The second-order valence-electron chi connectivity index (χ2n) is 2.43. The Morgan fingerprint density at radius 1 is 1.46 bits per heavy atom. The average Bonchev–Trinajstić information content (AvgIpc) is 2.03. The van der Waals surface area contributed by atoms with E-state index in [9.17, 15) is 8.78 Å². The Balaban J connectivity index is 0.00000144. The number of hydrogen-bond acceptors (Lipinski definition) is 1. The van der Waals surface area contributed by atoms with Crippen molar-refractivity contribution in [2.75, 3.05) is 6.67 Å². The van der Waals surface area contributed by atoms with E-state index in [-0.39, 0.29) is 23.0 Å². The SMILES string of the molecule is Cl.N[C@@H](CF)c1ccc(Cl)cc1F. The fourth-order valence-electron chi connectivity index (χ4n) is 0.885. The summed E-state index contributed by atoms with van der Waals surface area (Å²) < 4.78 is 25.0. The molecule has 0 aliphatic rings. The maximum absolute atomic E-state index is 13.0. The zero-order chi connectivity index (χ0) is 9.14. The van der Waals surface area contributed by atoms with E-state index >= 15 is 0 Å². The van der Waals surface area contributed by atoms with E-state index in [1.807, 2.05) is 0 Å². The summed E-state index contributed by atoms with van der Waals surface area (Å²) >= 11 is 5.49. The molecule has 1 aromatic carbocycles. The van der Waals surface area contributed by atoms with Gasteiger partial charge in [0.1, 0.15) is 12.5 Å². The van der Waals surface area contributed by atoms with Gasteiger partial charge < -0.3 is 5.73 Å². The van der Waals surface area contributed by atoms with E-state index in [0.717, 1.165) is 6.07 Å². The number of halogens is 4. The van der Waals surface area contributed by atoms with Crippen molar-refractivity contribution in [3.05, 3.63) is 34.6 Å². The predicted molar refractivity (Wildman–Crippen MR) is 51.6 cm³/mol. The summed E-state index contributed by atoms with van der Waals surface area (Å²) in [5.41, 5.74) is 5.44. The lowest BCUT2D eigenvalue weighted by Crippen LogP contribution is -2.13. The summed E-state index contributed by atoms with van der Waals surface area (Å²) in [7, 11) is 0. The highest BCUT2D eigenvalue weighted by molar-refractivity contribution is 6.30. The van der Waals surface area contributed by atoms with Crippen LogP contribution in [0.5, 0.6) is 0 Å². The first-order valence-corrected chi connectivity index (χ1v) is 3.79. The Kier molecular flexibility index (Phi) is 5.21. The standard InChI is InChI=1S/C8H8ClF2N.ClH/c9-5-1-2-6(7(11)3-5)8(12)4-10;/h1-3,8H,4,12H2;1H/t8-;/m0./s1. The molecule has 0 unspecified atom stereocenters. The van der Waals surface area contributed by atoms with Gasteiger partial charge in [-0.3, -0.25) is 0 Å². The van der Waals surface area contributed by atoms with Gasteiger partial charge in [-0.2, -0.15) is 0 Å². The summed E-state index contributed by atoms with van der Waals surface area (Å²) in [5.74, 6) is -0.562. The molecule has 0 saturated carbocycles. The van der Waals surface area contributed by atoms with Gasteiger partial charge in [0.2, 0.25) is 0 Å². The molecule has 1 nitrogen and oxygen atoms in total. The van der Waals surface area contributed by atoms with Crippen molar-refractivity contribution in [3.8, 4) is 0 Å². The molecular weight excluding hydrogens is 219 g/mol. The molecule has 2 N–H and O–H groups in total. The van der Waals surface area contributed by atoms with Crippen molar-refractivity contribution in [1.82, 2.24) is 0 Å². The smallest absolute Gasteiger partial charge is 0.129 e. The van der Waals surface area contributed by atoms with Crippen LogP contribution in [0.25, 0.3) is 0 Å². The predicted octanol–water partition coefficient (Wildman–Crippen LogP) is 2.87. The van der Waals surface area contributed by atoms with Crippen LogP contribution in [0.2, 0.25) is 5.02 Å². The summed E-state index contributed by atoms with van der Waals surface area (Å²) in [5, 5.41) is 0.280. The Morgan fingerprint density at radius 2 is 2.08 bits per heavy atom. The van der Waals surface area contributed by atoms with Gasteiger partial charge >= 0.3 is 0 Å². The van der Waals surface area contributed by atoms with Gasteiger partial charge in [-0.1, -0.05) is 17.7 Å².